The molecule has 0 spiro atoms. The summed E-state index contributed by atoms with van der Waals surface area (Å²) in [6.45, 7) is 3.39. The molecule has 1 aliphatic rings. The fraction of sp³-hybridized carbons (Fsp3) is 0.167. The van der Waals surface area contributed by atoms with E-state index in [0.29, 0.717) is 0 Å². The Hall–Kier alpha value is -0.743. The van der Waals surface area contributed by atoms with E-state index in [1.165, 1.54) is 7.11 Å². The Morgan fingerprint density at radius 1 is 1.70 bits per heavy atom. The molecule has 0 unspecified atom stereocenters. The first-order valence-electron chi connectivity index (χ1n) is 2.33. The van der Waals surface area contributed by atoms with Gasteiger partial charge in [0.05, 0.1) is 12.9 Å². The Labute approximate surface area is 70.8 Å². The summed E-state index contributed by atoms with van der Waals surface area (Å²) < 4.78 is 9.11. The molecule has 48 valence electrons. The van der Waals surface area contributed by atoms with Crippen molar-refractivity contribution in [3.8, 4) is 0 Å². The molecule has 0 radical (unpaired) electrons. The van der Waals surface area contributed by atoms with E-state index in [2.05, 4.69) is 21.8 Å². The maximum atomic E-state index is 10.3. The maximum Gasteiger partial charge on any atom is 1.00 e. The summed E-state index contributed by atoms with van der Waals surface area (Å²) in [7, 11) is 1.43. The second-order valence-corrected chi connectivity index (χ2v) is 1.47. The largest absolute Gasteiger partial charge is 1.00 e. The Balaban J connectivity index is 0.000000810. The molecule has 0 aliphatic carbocycles. The second kappa shape index (κ2) is 3.43. The van der Waals surface area contributed by atoms with E-state index in [1.54, 1.807) is 0 Å². The average molecular weight is 132 g/mol. The molecule has 4 heteroatoms. The van der Waals surface area contributed by atoms with E-state index >= 15 is 0 Å². The summed E-state index contributed by atoms with van der Waals surface area (Å²) in [6, 6.07) is 0. The number of hydrogen-bond donors (Lipinski definition) is 0. The molecule has 3 nitrogen and oxygen atoms in total. The predicted molar refractivity (Wildman–Crippen MR) is 27.8 cm³/mol. The van der Waals surface area contributed by atoms with Crippen LogP contribution in [0.15, 0.2) is 29.8 Å². The summed E-state index contributed by atoms with van der Waals surface area (Å²) in [6.07, 6.45) is 0. The topological polar surface area (TPSA) is 41.5 Å². The van der Waals surface area contributed by atoms with Gasteiger partial charge in [-0.1, -0.05) is 6.58 Å². The molecule has 0 N–H and O–H groups in total. The van der Waals surface area contributed by atoms with E-state index < -0.39 is 5.95 Å². The third kappa shape index (κ3) is 1.62. The zero-order valence-corrected chi connectivity index (χ0v) is 5.93. The first kappa shape index (κ1) is 9.26. The minimum atomic E-state index is -0.545. The van der Waals surface area contributed by atoms with Crippen LogP contribution in [0.25, 0.3) is 0 Å². The van der Waals surface area contributed by atoms with Crippen molar-refractivity contribution < 1.29 is 33.4 Å². The average Bonchev–Trinajstić information content (AvgIpc) is 2.10. The van der Waals surface area contributed by atoms with Crippen molar-refractivity contribution in [1.29, 1.82) is 0 Å². The van der Waals surface area contributed by atoms with Crippen molar-refractivity contribution in [1.82, 2.24) is 0 Å². The Morgan fingerprint density at radius 2 is 2.30 bits per heavy atom. The molecule has 0 aromatic carbocycles. The summed E-state index contributed by atoms with van der Waals surface area (Å²) in [5.41, 5.74) is 2.29. The second-order valence-electron chi connectivity index (χ2n) is 1.47. The van der Waals surface area contributed by atoms with Crippen LogP contribution in [0.1, 0.15) is 0 Å². The van der Waals surface area contributed by atoms with E-state index in [0.717, 1.165) is 0 Å². The minimum absolute atomic E-state index is 0. The first-order valence-corrected chi connectivity index (χ1v) is 2.33. The molecule has 0 saturated heterocycles. The SMILES string of the molecule is C=C1OC([O-])=C=C1OC.[Li+]. The van der Waals surface area contributed by atoms with Crippen molar-refractivity contribution in [3.05, 3.63) is 29.8 Å². The van der Waals surface area contributed by atoms with Gasteiger partial charge in [0.15, 0.2) is 5.76 Å². The number of rotatable bonds is 1. The number of ether oxygens (including phenoxy) is 2. The van der Waals surface area contributed by atoms with Gasteiger partial charge in [-0.2, -0.15) is 0 Å². The molecule has 1 aliphatic heterocycles. The van der Waals surface area contributed by atoms with Gasteiger partial charge in [0, 0.05) is 0 Å². The quantitative estimate of drug-likeness (QED) is 0.280. The Bertz CT molecular complexity index is 213. The van der Waals surface area contributed by atoms with Gasteiger partial charge in [-0.15, -0.1) is 0 Å². The van der Waals surface area contributed by atoms with Gasteiger partial charge in [0.25, 0.3) is 0 Å². The van der Waals surface area contributed by atoms with Crippen LogP contribution in [-0.2, 0) is 9.47 Å². The molecule has 0 aromatic heterocycles. The normalized spacial score (nSPS) is 14.7. The standard InChI is InChI=1S/C6H6O3.Li/c1-4-5(8-2)3-6(7)9-4;/h7H,1H2,2H3;/q;+1/p-1. The fourth-order valence-electron chi connectivity index (χ4n) is 0.511. The predicted octanol–water partition coefficient (Wildman–Crippen LogP) is -3.13. The summed E-state index contributed by atoms with van der Waals surface area (Å²) in [5.74, 6) is -0.0423. The van der Waals surface area contributed by atoms with Gasteiger partial charge >= 0.3 is 18.9 Å². The van der Waals surface area contributed by atoms with Crippen molar-refractivity contribution in [2.75, 3.05) is 7.11 Å². The molecule has 0 fully saturated rings. The molecule has 0 atom stereocenters. The van der Waals surface area contributed by atoms with Gasteiger partial charge in [0.1, 0.15) is 5.95 Å². The van der Waals surface area contributed by atoms with Crippen LogP contribution in [-0.4, -0.2) is 7.11 Å². The molecule has 1 rings (SSSR count). The molecular formula is C6H5LiO3. The van der Waals surface area contributed by atoms with E-state index in [9.17, 15) is 5.11 Å². The fourth-order valence-corrected chi connectivity index (χ4v) is 0.511. The summed E-state index contributed by atoms with van der Waals surface area (Å²) >= 11 is 0. The number of methoxy groups -OCH3 is 1. The first-order chi connectivity index (χ1) is 4.24. The minimum Gasteiger partial charge on any atom is -0.570 e. The van der Waals surface area contributed by atoms with Gasteiger partial charge in [-0.25, -0.2) is 0 Å². The van der Waals surface area contributed by atoms with Crippen LogP contribution < -0.4 is 24.0 Å². The molecular weight excluding hydrogens is 127 g/mol. The van der Waals surface area contributed by atoms with Gasteiger partial charge in [-0.05, 0) is 5.73 Å². The third-order valence-corrected chi connectivity index (χ3v) is 0.889. The molecule has 0 amide bonds. The van der Waals surface area contributed by atoms with Crippen molar-refractivity contribution >= 4 is 0 Å². The molecule has 0 aromatic rings. The van der Waals surface area contributed by atoms with Gasteiger partial charge in [0.2, 0.25) is 0 Å². The zero-order chi connectivity index (χ0) is 6.85. The van der Waals surface area contributed by atoms with Crippen LogP contribution in [0.4, 0.5) is 0 Å². The molecule has 0 saturated carbocycles. The summed E-state index contributed by atoms with van der Waals surface area (Å²) in [4.78, 5) is 0. The van der Waals surface area contributed by atoms with Crippen LogP contribution in [0.2, 0.25) is 0 Å². The molecule has 0 bridgehead atoms. The van der Waals surface area contributed by atoms with Crippen LogP contribution in [0.5, 0.6) is 0 Å². The monoisotopic (exact) mass is 132 g/mol. The van der Waals surface area contributed by atoms with Crippen molar-refractivity contribution in [2.24, 2.45) is 0 Å². The van der Waals surface area contributed by atoms with Crippen molar-refractivity contribution in [3.63, 3.8) is 0 Å². The van der Waals surface area contributed by atoms with Gasteiger partial charge in [-0.3, -0.25) is 0 Å². The van der Waals surface area contributed by atoms with Crippen LogP contribution in [0.3, 0.4) is 0 Å². The van der Waals surface area contributed by atoms with Gasteiger partial charge < -0.3 is 14.6 Å². The Morgan fingerprint density at radius 3 is 2.50 bits per heavy atom. The van der Waals surface area contributed by atoms with Crippen LogP contribution >= 0.6 is 0 Å². The Kier molecular flexibility index (Phi) is 3.18. The number of hydrogen-bond acceptors (Lipinski definition) is 3. The van der Waals surface area contributed by atoms with E-state index in [-0.39, 0.29) is 30.4 Å². The smallest absolute Gasteiger partial charge is 0.570 e. The van der Waals surface area contributed by atoms with E-state index in [1.807, 2.05) is 0 Å². The van der Waals surface area contributed by atoms with Crippen LogP contribution in [0, 0.1) is 0 Å². The third-order valence-electron chi connectivity index (χ3n) is 0.889. The van der Waals surface area contributed by atoms with Crippen molar-refractivity contribution in [2.45, 2.75) is 0 Å². The summed E-state index contributed by atoms with van der Waals surface area (Å²) in [5, 5.41) is 10.3. The molecule has 10 heavy (non-hydrogen) atoms. The zero-order valence-electron chi connectivity index (χ0n) is 5.93. The van der Waals surface area contributed by atoms with E-state index in [4.69, 9.17) is 0 Å². The molecule has 1 heterocycles. The maximum absolute atomic E-state index is 10.3.